The Morgan fingerprint density at radius 1 is 1.32 bits per heavy atom. The molecule has 3 heterocycles. The number of aromatic amines is 1. The van der Waals surface area contributed by atoms with Crippen LogP contribution < -0.4 is 10.2 Å². The van der Waals surface area contributed by atoms with Gasteiger partial charge in [-0.2, -0.15) is 0 Å². The first-order valence-corrected chi connectivity index (χ1v) is 11.2. The molecule has 2 unspecified atom stereocenters. The highest BCUT2D eigenvalue weighted by molar-refractivity contribution is 7.17. The van der Waals surface area contributed by atoms with E-state index in [1.54, 1.807) is 21.0 Å². The number of methoxy groups -OCH3 is 1. The number of ether oxygens (including phenoxy) is 2. The van der Waals surface area contributed by atoms with Crippen molar-refractivity contribution in [2.75, 3.05) is 38.3 Å². The molecule has 0 radical (unpaired) electrons. The molecule has 12 heteroatoms. The normalized spacial score (nSPS) is 18.9. The summed E-state index contributed by atoms with van der Waals surface area (Å²) in [4.78, 5) is 33.7. The topological polar surface area (TPSA) is 117 Å². The predicted molar refractivity (Wildman–Crippen MR) is 119 cm³/mol. The third-order valence-corrected chi connectivity index (χ3v) is 7.18. The van der Waals surface area contributed by atoms with E-state index in [4.69, 9.17) is 32.7 Å². The van der Waals surface area contributed by atoms with Gasteiger partial charge in [0.15, 0.2) is 5.13 Å². The van der Waals surface area contributed by atoms with E-state index < -0.39 is 5.97 Å². The summed E-state index contributed by atoms with van der Waals surface area (Å²) in [5.74, 6) is -1.36. The van der Waals surface area contributed by atoms with Crippen LogP contribution in [0.15, 0.2) is 0 Å². The van der Waals surface area contributed by atoms with Gasteiger partial charge in [0.2, 0.25) is 0 Å². The van der Waals surface area contributed by atoms with Crippen LogP contribution in [0.2, 0.25) is 10.0 Å². The van der Waals surface area contributed by atoms with Crippen LogP contribution in [-0.4, -0.2) is 72.5 Å². The lowest BCUT2D eigenvalue weighted by molar-refractivity contribution is -0.00498. The minimum atomic E-state index is -0.993. The van der Waals surface area contributed by atoms with E-state index in [2.05, 4.69) is 15.3 Å². The summed E-state index contributed by atoms with van der Waals surface area (Å²) in [5, 5.41) is 13.4. The number of hydrogen-bond acceptors (Lipinski definition) is 7. The average Bonchev–Trinajstić information content (AvgIpc) is 3.24. The SMILES string of the molecule is COCCOC1CN(c2nc(C)c(C(=O)O)s2)CCC1NC(=O)c1[nH]c(C)c(Cl)c1Cl. The molecule has 3 rings (SSSR count). The first-order chi connectivity index (χ1) is 14.7. The van der Waals surface area contributed by atoms with Crippen molar-refractivity contribution in [1.82, 2.24) is 15.3 Å². The van der Waals surface area contributed by atoms with E-state index in [1.165, 1.54) is 0 Å². The number of nitrogens with zero attached hydrogens (tertiary/aromatic N) is 2. The fourth-order valence-electron chi connectivity index (χ4n) is 3.39. The Bertz CT molecular complexity index is 963. The Morgan fingerprint density at radius 3 is 2.65 bits per heavy atom. The van der Waals surface area contributed by atoms with E-state index in [0.717, 1.165) is 11.3 Å². The molecule has 0 aromatic carbocycles. The van der Waals surface area contributed by atoms with Gasteiger partial charge in [0.1, 0.15) is 10.6 Å². The van der Waals surface area contributed by atoms with Crippen molar-refractivity contribution in [2.45, 2.75) is 32.4 Å². The number of nitrogens with one attached hydrogen (secondary N) is 2. The number of aromatic carboxylic acids is 1. The van der Waals surface area contributed by atoms with E-state index in [-0.39, 0.29) is 33.6 Å². The lowest BCUT2D eigenvalue weighted by Gasteiger charge is -2.38. The summed E-state index contributed by atoms with van der Waals surface area (Å²) >= 11 is 13.4. The number of amides is 1. The van der Waals surface area contributed by atoms with Gasteiger partial charge in [-0.1, -0.05) is 34.5 Å². The Kier molecular flexibility index (Phi) is 7.82. The zero-order valence-electron chi connectivity index (χ0n) is 17.3. The summed E-state index contributed by atoms with van der Waals surface area (Å²) < 4.78 is 11.0. The number of carbonyl (C=O) groups is 2. The van der Waals surface area contributed by atoms with Crippen LogP contribution in [0.5, 0.6) is 0 Å². The second-order valence-corrected chi connectivity index (χ2v) is 8.92. The number of thiazole rings is 1. The first-order valence-electron chi connectivity index (χ1n) is 9.63. The van der Waals surface area contributed by atoms with Crippen LogP contribution in [0.3, 0.4) is 0 Å². The molecule has 2 aromatic rings. The molecular weight excluding hydrogens is 467 g/mol. The number of piperidine rings is 1. The molecule has 0 aliphatic carbocycles. The molecule has 0 spiro atoms. The summed E-state index contributed by atoms with van der Waals surface area (Å²) in [6.45, 7) is 5.21. The zero-order valence-corrected chi connectivity index (χ0v) is 19.7. The molecule has 2 atom stereocenters. The second kappa shape index (κ2) is 10.2. The highest BCUT2D eigenvalue weighted by atomic mass is 35.5. The van der Waals surface area contributed by atoms with Gasteiger partial charge < -0.3 is 29.8 Å². The molecule has 1 saturated heterocycles. The van der Waals surface area contributed by atoms with Crippen LogP contribution in [0.25, 0.3) is 0 Å². The third kappa shape index (κ3) is 5.32. The molecule has 1 aliphatic heterocycles. The number of carboxylic acids is 1. The van der Waals surface area contributed by atoms with Crippen molar-refractivity contribution in [1.29, 1.82) is 0 Å². The monoisotopic (exact) mass is 490 g/mol. The molecular formula is C19H24Cl2N4O5S. The average molecular weight is 491 g/mol. The van der Waals surface area contributed by atoms with Crippen LogP contribution in [0.1, 0.15) is 38.0 Å². The standard InChI is InChI=1S/C19H24Cl2N4O5S/c1-9-13(20)14(21)15(22-9)17(26)24-11-4-5-25(8-12(11)30-7-6-29-3)19-23-10(2)16(31-19)18(27)28/h11-12,22H,4-8H2,1-3H3,(H,24,26)(H,27,28). The Morgan fingerprint density at radius 2 is 2.06 bits per heavy atom. The number of halogens is 2. The molecule has 3 N–H and O–H groups in total. The molecule has 0 saturated carbocycles. The number of carbonyl (C=O) groups excluding carboxylic acids is 1. The van der Waals surface area contributed by atoms with E-state index >= 15 is 0 Å². The fraction of sp³-hybridized carbons (Fsp3) is 0.526. The molecule has 1 aliphatic rings. The van der Waals surface area contributed by atoms with Gasteiger partial charge in [0, 0.05) is 25.9 Å². The van der Waals surface area contributed by atoms with Crippen LogP contribution in [0.4, 0.5) is 5.13 Å². The van der Waals surface area contributed by atoms with E-state index in [1.807, 2.05) is 4.90 Å². The minimum Gasteiger partial charge on any atom is -0.477 e. The van der Waals surface area contributed by atoms with Crippen molar-refractivity contribution in [3.05, 3.63) is 32.0 Å². The van der Waals surface area contributed by atoms with Gasteiger partial charge in [-0.25, -0.2) is 9.78 Å². The maximum Gasteiger partial charge on any atom is 0.347 e. The van der Waals surface area contributed by atoms with Gasteiger partial charge in [-0.05, 0) is 20.3 Å². The summed E-state index contributed by atoms with van der Waals surface area (Å²) in [7, 11) is 1.58. The summed E-state index contributed by atoms with van der Waals surface area (Å²) in [6.07, 6.45) is 0.228. The number of aryl methyl sites for hydroxylation is 2. The van der Waals surface area contributed by atoms with Crippen molar-refractivity contribution >= 4 is 51.5 Å². The Balaban J connectivity index is 1.74. The van der Waals surface area contributed by atoms with Gasteiger partial charge in [-0.3, -0.25) is 4.79 Å². The summed E-state index contributed by atoms with van der Waals surface area (Å²) in [5.41, 5.74) is 1.31. The van der Waals surface area contributed by atoms with Gasteiger partial charge in [0.25, 0.3) is 5.91 Å². The number of hydrogen-bond donors (Lipinski definition) is 3. The Hall–Kier alpha value is -1.85. The number of aromatic nitrogens is 2. The van der Waals surface area contributed by atoms with Gasteiger partial charge in [0.05, 0.1) is 41.1 Å². The lowest BCUT2D eigenvalue weighted by Crippen LogP contribution is -2.55. The van der Waals surface area contributed by atoms with Crippen LogP contribution in [0, 0.1) is 13.8 Å². The fourth-order valence-corrected chi connectivity index (χ4v) is 4.75. The van der Waals surface area contributed by atoms with Crippen molar-refractivity contribution in [3.8, 4) is 0 Å². The highest BCUT2D eigenvalue weighted by Crippen LogP contribution is 2.31. The van der Waals surface area contributed by atoms with Crippen LogP contribution in [-0.2, 0) is 9.47 Å². The second-order valence-electron chi connectivity index (χ2n) is 7.19. The first kappa shape index (κ1) is 23.8. The maximum absolute atomic E-state index is 12.8. The quantitative estimate of drug-likeness (QED) is 0.486. The van der Waals surface area contributed by atoms with E-state index in [9.17, 15) is 14.7 Å². The smallest absolute Gasteiger partial charge is 0.347 e. The maximum atomic E-state index is 12.8. The lowest BCUT2D eigenvalue weighted by atomic mass is 10.0. The van der Waals surface area contributed by atoms with Crippen molar-refractivity contribution < 1.29 is 24.2 Å². The van der Waals surface area contributed by atoms with Gasteiger partial charge >= 0.3 is 5.97 Å². The van der Waals surface area contributed by atoms with Crippen LogP contribution >= 0.6 is 34.5 Å². The molecule has 1 fully saturated rings. The van der Waals surface area contributed by atoms with Crippen molar-refractivity contribution in [3.63, 3.8) is 0 Å². The largest absolute Gasteiger partial charge is 0.477 e. The molecule has 2 aromatic heterocycles. The molecule has 9 nitrogen and oxygen atoms in total. The number of H-pyrrole nitrogens is 1. The predicted octanol–water partition coefficient (Wildman–Crippen LogP) is 3.13. The van der Waals surface area contributed by atoms with Gasteiger partial charge in [-0.15, -0.1) is 0 Å². The highest BCUT2D eigenvalue weighted by Gasteiger charge is 2.34. The minimum absolute atomic E-state index is 0.186. The number of rotatable bonds is 8. The molecule has 170 valence electrons. The third-order valence-electron chi connectivity index (χ3n) is 5.03. The number of anilines is 1. The van der Waals surface area contributed by atoms with Crippen molar-refractivity contribution in [2.24, 2.45) is 0 Å². The van der Waals surface area contributed by atoms with E-state index in [0.29, 0.717) is 54.3 Å². The zero-order chi connectivity index (χ0) is 22.7. The molecule has 31 heavy (non-hydrogen) atoms. The molecule has 1 amide bonds. The molecule has 0 bridgehead atoms. The number of carboxylic acid groups (broad SMARTS) is 1. The Labute approximate surface area is 193 Å². The summed E-state index contributed by atoms with van der Waals surface area (Å²) in [6, 6.07) is -0.279.